The quantitative estimate of drug-likeness (QED) is 0.930. The fourth-order valence-corrected chi connectivity index (χ4v) is 4.51. The summed E-state index contributed by atoms with van der Waals surface area (Å²) in [5.74, 6) is 0.149. The minimum absolute atomic E-state index is 0.103. The average molecular weight is 297 g/mol. The van der Waals surface area contributed by atoms with Crippen molar-refractivity contribution in [3.05, 3.63) is 33.9 Å². The van der Waals surface area contributed by atoms with Crippen molar-refractivity contribution in [2.24, 2.45) is 0 Å². The lowest BCUT2D eigenvalue weighted by Gasteiger charge is -2.10. The Bertz CT molecular complexity index is 755. The van der Waals surface area contributed by atoms with Crippen LogP contribution in [-0.4, -0.2) is 29.6 Å². The van der Waals surface area contributed by atoms with Crippen molar-refractivity contribution in [3.63, 3.8) is 0 Å². The molecule has 19 heavy (non-hydrogen) atoms. The van der Waals surface area contributed by atoms with Crippen molar-refractivity contribution in [1.29, 1.82) is 0 Å². The SMILES string of the molecule is Cc1nc2scc(C)n2c1CNC1C=CS(=O)(=O)C1. The number of nitrogens with one attached hydrogen (secondary N) is 1. The van der Waals surface area contributed by atoms with Crippen molar-refractivity contribution in [2.75, 3.05) is 5.75 Å². The molecule has 0 saturated carbocycles. The number of thiazole rings is 1. The molecule has 1 N–H and O–H groups in total. The van der Waals surface area contributed by atoms with Crippen molar-refractivity contribution < 1.29 is 8.42 Å². The van der Waals surface area contributed by atoms with Crippen LogP contribution in [0.1, 0.15) is 17.1 Å². The number of imidazole rings is 1. The van der Waals surface area contributed by atoms with Gasteiger partial charge in [0.15, 0.2) is 14.8 Å². The van der Waals surface area contributed by atoms with Gasteiger partial charge in [-0.3, -0.25) is 4.40 Å². The Hall–Kier alpha value is -1.18. The predicted molar refractivity (Wildman–Crippen MR) is 76.1 cm³/mol. The highest BCUT2D eigenvalue weighted by molar-refractivity contribution is 7.94. The van der Waals surface area contributed by atoms with Gasteiger partial charge in [0.1, 0.15) is 0 Å². The highest BCUT2D eigenvalue weighted by Gasteiger charge is 2.22. The number of nitrogens with zero attached hydrogens (tertiary/aromatic N) is 2. The summed E-state index contributed by atoms with van der Waals surface area (Å²) in [7, 11) is -3.00. The number of aryl methyl sites for hydroxylation is 2. The molecule has 0 fully saturated rings. The first-order chi connectivity index (χ1) is 8.96. The summed E-state index contributed by atoms with van der Waals surface area (Å²) in [5.41, 5.74) is 3.26. The largest absolute Gasteiger partial charge is 0.304 e. The summed E-state index contributed by atoms with van der Waals surface area (Å²) in [6.45, 7) is 4.65. The van der Waals surface area contributed by atoms with Crippen LogP contribution in [0.25, 0.3) is 4.96 Å². The fourth-order valence-electron chi connectivity index (χ4n) is 2.31. The minimum atomic E-state index is -3.00. The summed E-state index contributed by atoms with van der Waals surface area (Å²) >= 11 is 1.62. The zero-order chi connectivity index (χ0) is 13.6. The monoisotopic (exact) mass is 297 g/mol. The second kappa shape index (κ2) is 4.43. The zero-order valence-corrected chi connectivity index (χ0v) is 12.4. The van der Waals surface area contributed by atoms with Crippen LogP contribution in [0.15, 0.2) is 16.9 Å². The molecular weight excluding hydrogens is 282 g/mol. The molecular formula is C12H15N3O2S2. The van der Waals surface area contributed by atoms with Crippen LogP contribution in [0.2, 0.25) is 0 Å². The molecule has 5 nitrogen and oxygen atoms in total. The van der Waals surface area contributed by atoms with E-state index in [4.69, 9.17) is 0 Å². The Labute approximate surface area is 115 Å². The lowest BCUT2D eigenvalue weighted by molar-refractivity contribution is 0.586. The van der Waals surface area contributed by atoms with Gasteiger partial charge in [-0.15, -0.1) is 11.3 Å². The topological polar surface area (TPSA) is 63.5 Å². The molecule has 1 aliphatic rings. The Morgan fingerprint density at radius 2 is 2.32 bits per heavy atom. The van der Waals surface area contributed by atoms with Gasteiger partial charge < -0.3 is 5.32 Å². The maximum absolute atomic E-state index is 11.4. The highest BCUT2D eigenvalue weighted by Crippen LogP contribution is 2.20. The van der Waals surface area contributed by atoms with E-state index in [9.17, 15) is 8.42 Å². The van der Waals surface area contributed by atoms with Gasteiger partial charge in [0.05, 0.1) is 17.1 Å². The molecule has 2 aromatic heterocycles. The second-order valence-corrected chi connectivity index (χ2v) is 7.55. The van der Waals surface area contributed by atoms with E-state index in [2.05, 4.69) is 20.1 Å². The van der Waals surface area contributed by atoms with E-state index in [0.717, 1.165) is 22.0 Å². The molecule has 0 aliphatic carbocycles. The zero-order valence-electron chi connectivity index (χ0n) is 10.8. The molecule has 1 unspecified atom stereocenters. The molecule has 0 amide bonds. The molecule has 0 bridgehead atoms. The van der Waals surface area contributed by atoms with Gasteiger partial charge >= 0.3 is 0 Å². The Balaban J connectivity index is 1.81. The number of rotatable bonds is 3. The maximum Gasteiger partial charge on any atom is 0.194 e. The van der Waals surface area contributed by atoms with Gasteiger partial charge in [0.2, 0.25) is 0 Å². The molecule has 1 atom stereocenters. The first kappa shape index (κ1) is 12.8. The van der Waals surface area contributed by atoms with Crippen LogP contribution in [-0.2, 0) is 16.4 Å². The van der Waals surface area contributed by atoms with E-state index in [-0.39, 0.29) is 11.8 Å². The molecule has 0 aromatic carbocycles. The Kier molecular flexibility index (Phi) is 2.99. The van der Waals surface area contributed by atoms with E-state index in [1.807, 2.05) is 13.8 Å². The van der Waals surface area contributed by atoms with Crippen molar-refractivity contribution in [2.45, 2.75) is 26.4 Å². The van der Waals surface area contributed by atoms with Crippen LogP contribution in [0, 0.1) is 13.8 Å². The van der Waals surface area contributed by atoms with Gasteiger partial charge in [-0.05, 0) is 13.8 Å². The predicted octanol–water partition coefficient (Wildman–Crippen LogP) is 1.41. The van der Waals surface area contributed by atoms with Crippen LogP contribution >= 0.6 is 11.3 Å². The third-order valence-corrected chi connectivity index (χ3v) is 5.63. The molecule has 3 heterocycles. The lowest BCUT2D eigenvalue weighted by Crippen LogP contribution is -2.30. The summed E-state index contributed by atoms with van der Waals surface area (Å²) in [6, 6.07) is -0.103. The Morgan fingerprint density at radius 3 is 3.00 bits per heavy atom. The van der Waals surface area contributed by atoms with E-state index >= 15 is 0 Å². The Morgan fingerprint density at radius 1 is 1.53 bits per heavy atom. The van der Waals surface area contributed by atoms with Crippen LogP contribution in [0.3, 0.4) is 0 Å². The molecule has 7 heteroatoms. The van der Waals surface area contributed by atoms with Gasteiger partial charge in [0, 0.05) is 29.1 Å². The maximum atomic E-state index is 11.4. The van der Waals surface area contributed by atoms with Crippen molar-refractivity contribution >= 4 is 26.1 Å². The molecule has 102 valence electrons. The first-order valence-electron chi connectivity index (χ1n) is 6.02. The molecule has 1 aliphatic heterocycles. The van der Waals surface area contributed by atoms with E-state index in [1.165, 1.54) is 5.41 Å². The number of hydrogen-bond acceptors (Lipinski definition) is 5. The summed E-state index contributed by atoms with van der Waals surface area (Å²) < 4.78 is 24.8. The van der Waals surface area contributed by atoms with Gasteiger partial charge in [-0.2, -0.15) is 0 Å². The third-order valence-electron chi connectivity index (χ3n) is 3.29. The number of sulfone groups is 1. The number of fused-ring (bicyclic) bond motifs is 1. The smallest absolute Gasteiger partial charge is 0.194 e. The number of hydrogen-bond donors (Lipinski definition) is 1. The van der Waals surface area contributed by atoms with E-state index in [1.54, 1.807) is 17.4 Å². The van der Waals surface area contributed by atoms with Gasteiger partial charge in [0.25, 0.3) is 0 Å². The average Bonchev–Trinajstić information content (AvgIpc) is 2.94. The summed E-state index contributed by atoms with van der Waals surface area (Å²) in [4.78, 5) is 5.50. The van der Waals surface area contributed by atoms with Gasteiger partial charge in [-0.25, -0.2) is 13.4 Å². The summed E-state index contributed by atoms with van der Waals surface area (Å²) in [5, 5.41) is 6.63. The van der Waals surface area contributed by atoms with Gasteiger partial charge in [-0.1, -0.05) is 6.08 Å². The second-order valence-electron chi connectivity index (χ2n) is 4.78. The van der Waals surface area contributed by atoms with E-state index in [0.29, 0.717) is 6.54 Å². The van der Waals surface area contributed by atoms with Crippen LogP contribution < -0.4 is 5.32 Å². The molecule has 3 rings (SSSR count). The van der Waals surface area contributed by atoms with Crippen molar-refractivity contribution in [3.8, 4) is 0 Å². The lowest BCUT2D eigenvalue weighted by atomic mass is 10.3. The third kappa shape index (κ3) is 2.33. The van der Waals surface area contributed by atoms with E-state index < -0.39 is 9.84 Å². The standard InChI is InChI=1S/C12H15N3O2S2/c1-8-6-18-12-14-9(2)11(15(8)12)5-13-10-3-4-19(16,17)7-10/h3-4,6,10,13H,5,7H2,1-2H3. The van der Waals surface area contributed by atoms with Crippen LogP contribution in [0.4, 0.5) is 0 Å². The first-order valence-corrected chi connectivity index (χ1v) is 8.62. The molecule has 0 saturated heterocycles. The highest BCUT2D eigenvalue weighted by atomic mass is 32.2. The minimum Gasteiger partial charge on any atom is -0.304 e. The van der Waals surface area contributed by atoms with Crippen LogP contribution in [0.5, 0.6) is 0 Å². The number of aromatic nitrogens is 2. The normalized spacial score (nSPS) is 21.5. The van der Waals surface area contributed by atoms with Crippen molar-refractivity contribution in [1.82, 2.24) is 14.7 Å². The summed E-state index contributed by atoms with van der Waals surface area (Å²) in [6.07, 6.45) is 1.71. The molecule has 0 spiro atoms. The fraction of sp³-hybridized carbons (Fsp3) is 0.417. The molecule has 2 aromatic rings. The molecule has 0 radical (unpaired) electrons.